The monoisotopic (exact) mass is 521 g/mol. The van der Waals surface area contributed by atoms with Crippen molar-refractivity contribution in [2.75, 3.05) is 31.3 Å². The summed E-state index contributed by atoms with van der Waals surface area (Å²) in [7, 11) is 3.04. The van der Waals surface area contributed by atoms with Crippen molar-refractivity contribution >= 4 is 34.5 Å². The van der Waals surface area contributed by atoms with Gasteiger partial charge in [0.05, 0.1) is 18.5 Å². The van der Waals surface area contributed by atoms with Gasteiger partial charge in [0.1, 0.15) is 11.9 Å². The van der Waals surface area contributed by atoms with E-state index in [4.69, 9.17) is 4.74 Å². The first-order valence-electron chi connectivity index (χ1n) is 12.3. The van der Waals surface area contributed by atoms with Gasteiger partial charge in [-0.15, -0.1) is 0 Å². The van der Waals surface area contributed by atoms with Crippen LogP contribution in [-0.4, -0.2) is 58.6 Å². The van der Waals surface area contributed by atoms with Gasteiger partial charge in [-0.25, -0.2) is 19.7 Å². The van der Waals surface area contributed by atoms with E-state index >= 15 is 0 Å². The lowest BCUT2D eigenvalue weighted by molar-refractivity contribution is -0.142. The quantitative estimate of drug-likeness (QED) is 0.213. The normalized spacial score (nSPS) is 11.5. The fraction of sp³-hybridized carbons (Fsp3) is 0.138. The molecule has 0 radical (unpaired) electrons. The van der Waals surface area contributed by atoms with Crippen molar-refractivity contribution in [1.82, 2.24) is 25.3 Å². The summed E-state index contributed by atoms with van der Waals surface area (Å²) in [6, 6.07) is 21.6. The molecular formula is C29H27N7O3. The van der Waals surface area contributed by atoms with Gasteiger partial charge in [-0.2, -0.15) is 0 Å². The molecule has 5 rings (SSSR count). The van der Waals surface area contributed by atoms with Gasteiger partial charge in [0.15, 0.2) is 0 Å². The lowest BCUT2D eigenvalue weighted by atomic mass is 10.1. The Morgan fingerprint density at radius 1 is 0.974 bits per heavy atom. The second-order valence-corrected chi connectivity index (χ2v) is 8.70. The van der Waals surface area contributed by atoms with E-state index in [1.165, 1.54) is 7.11 Å². The molecule has 10 nitrogen and oxygen atoms in total. The molecule has 10 heteroatoms. The Labute approximate surface area is 224 Å². The average molecular weight is 522 g/mol. The summed E-state index contributed by atoms with van der Waals surface area (Å²) in [5.41, 5.74) is 4.63. The fourth-order valence-corrected chi connectivity index (χ4v) is 4.21. The Kier molecular flexibility index (Phi) is 7.44. The maximum atomic E-state index is 13.2. The Hall–Kier alpha value is -5.25. The van der Waals surface area contributed by atoms with Gasteiger partial charge in [0.25, 0.3) is 5.91 Å². The van der Waals surface area contributed by atoms with Crippen LogP contribution < -0.4 is 16.0 Å². The van der Waals surface area contributed by atoms with Crippen molar-refractivity contribution in [3.05, 3.63) is 90.8 Å². The van der Waals surface area contributed by atoms with Gasteiger partial charge in [0, 0.05) is 48.0 Å². The van der Waals surface area contributed by atoms with Crippen molar-refractivity contribution < 1.29 is 14.3 Å². The second kappa shape index (κ2) is 11.4. The Balaban J connectivity index is 1.33. The number of anilines is 2. The van der Waals surface area contributed by atoms with Crippen molar-refractivity contribution in [3.63, 3.8) is 0 Å². The number of hydrogen-bond acceptors (Lipinski definition) is 8. The van der Waals surface area contributed by atoms with E-state index in [0.717, 1.165) is 33.4 Å². The number of nitrogens with one attached hydrogen (secondary N) is 4. The van der Waals surface area contributed by atoms with E-state index < -0.39 is 17.9 Å². The number of esters is 1. The van der Waals surface area contributed by atoms with Crippen LogP contribution in [0.5, 0.6) is 0 Å². The van der Waals surface area contributed by atoms with E-state index in [2.05, 4.69) is 35.9 Å². The van der Waals surface area contributed by atoms with Crippen LogP contribution in [0.4, 0.5) is 11.8 Å². The zero-order valence-electron chi connectivity index (χ0n) is 21.4. The number of amides is 1. The Morgan fingerprint density at radius 2 is 1.82 bits per heavy atom. The highest BCUT2D eigenvalue weighted by atomic mass is 16.5. The lowest BCUT2D eigenvalue weighted by Gasteiger charge is -2.19. The molecule has 3 aromatic heterocycles. The minimum Gasteiger partial charge on any atom is -0.467 e. The number of pyridine rings is 1. The molecule has 0 saturated carbocycles. The predicted molar refractivity (Wildman–Crippen MR) is 150 cm³/mol. The topological polar surface area (TPSA) is 134 Å². The number of hydrogen-bond donors (Lipinski definition) is 4. The molecule has 0 saturated heterocycles. The molecule has 1 atom stereocenters. The second-order valence-electron chi connectivity index (χ2n) is 8.70. The summed E-state index contributed by atoms with van der Waals surface area (Å²) in [4.78, 5) is 42.1. The van der Waals surface area contributed by atoms with E-state index in [1.54, 1.807) is 37.6 Å². The van der Waals surface area contributed by atoms with Gasteiger partial charge in [-0.05, 0) is 48.0 Å². The van der Waals surface area contributed by atoms with Crippen LogP contribution in [0.1, 0.15) is 10.4 Å². The Bertz CT molecular complexity index is 1620. The number of H-pyrrole nitrogens is 1. The zero-order chi connectivity index (χ0) is 27.2. The number of carbonyl (C=O) groups excluding carboxylic acids is 2. The molecule has 3 heterocycles. The Morgan fingerprint density at radius 3 is 2.62 bits per heavy atom. The van der Waals surface area contributed by atoms with Gasteiger partial charge in [0.2, 0.25) is 5.95 Å². The maximum Gasteiger partial charge on any atom is 0.330 e. The van der Waals surface area contributed by atoms with Crippen molar-refractivity contribution in [2.24, 2.45) is 0 Å². The van der Waals surface area contributed by atoms with E-state index in [0.29, 0.717) is 17.3 Å². The SMILES string of the molecule is CNc1nccc(-c2cc3cc(C(=O)NC(CNc4ncccc4-c4ccccc4)C(=O)OC)ccc3[nH]2)n1. The van der Waals surface area contributed by atoms with Crippen molar-refractivity contribution in [3.8, 4) is 22.5 Å². The number of nitrogens with zero attached hydrogens (tertiary/aromatic N) is 3. The molecule has 2 aromatic carbocycles. The largest absolute Gasteiger partial charge is 0.467 e. The number of carbonyl (C=O) groups is 2. The molecule has 5 aromatic rings. The smallest absolute Gasteiger partial charge is 0.330 e. The highest BCUT2D eigenvalue weighted by Gasteiger charge is 2.23. The minimum absolute atomic E-state index is 0.0906. The number of methoxy groups -OCH3 is 1. The third kappa shape index (κ3) is 5.69. The van der Waals surface area contributed by atoms with Crippen LogP contribution in [0.25, 0.3) is 33.4 Å². The molecule has 0 spiro atoms. The first kappa shape index (κ1) is 25.4. The molecule has 1 unspecified atom stereocenters. The summed E-state index contributed by atoms with van der Waals surface area (Å²) in [5, 5.41) is 9.74. The van der Waals surface area contributed by atoms with Crippen LogP contribution in [0.2, 0.25) is 0 Å². The summed E-state index contributed by atoms with van der Waals surface area (Å²) in [6.45, 7) is 0.0906. The summed E-state index contributed by atoms with van der Waals surface area (Å²) >= 11 is 0. The summed E-state index contributed by atoms with van der Waals surface area (Å²) in [6.07, 6.45) is 3.34. The first-order valence-corrected chi connectivity index (χ1v) is 12.3. The van der Waals surface area contributed by atoms with E-state index in [9.17, 15) is 9.59 Å². The summed E-state index contributed by atoms with van der Waals surface area (Å²) in [5.74, 6) is 0.136. The minimum atomic E-state index is -0.938. The number of aromatic amines is 1. The molecular weight excluding hydrogens is 494 g/mol. The number of fused-ring (bicyclic) bond motifs is 1. The van der Waals surface area contributed by atoms with Crippen molar-refractivity contribution in [1.29, 1.82) is 0 Å². The van der Waals surface area contributed by atoms with Crippen LogP contribution in [-0.2, 0) is 9.53 Å². The number of benzene rings is 2. The highest BCUT2D eigenvalue weighted by Crippen LogP contribution is 2.26. The highest BCUT2D eigenvalue weighted by molar-refractivity contribution is 6.00. The number of aromatic nitrogens is 4. The number of rotatable bonds is 9. The predicted octanol–water partition coefficient (Wildman–Crippen LogP) is 4.11. The van der Waals surface area contributed by atoms with Gasteiger partial charge in [-0.1, -0.05) is 30.3 Å². The zero-order valence-corrected chi connectivity index (χ0v) is 21.4. The molecule has 0 aliphatic heterocycles. The average Bonchev–Trinajstić information content (AvgIpc) is 3.43. The van der Waals surface area contributed by atoms with Crippen LogP contribution in [0, 0.1) is 0 Å². The molecule has 0 aliphatic carbocycles. The van der Waals surface area contributed by atoms with Crippen LogP contribution in [0.15, 0.2) is 85.2 Å². The standard InChI is InChI=1S/C29H27N7O3/c1-30-29-32-14-12-23(36-29)24-16-20-15-19(10-11-22(20)34-24)27(37)35-25(28(38)39-2)17-33-26-21(9-6-13-31-26)18-7-4-3-5-8-18/h3-16,25,34H,17H2,1-2H3,(H,31,33)(H,35,37)(H,30,32,36). The van der Waals surface area contributed by atoms with E-state index in [-0.39, 0.29) is 6.54 Å². The third-order valence-electron chi connectivity index (χ3n) is 6.20. The molecule has 4 N–H and O–H groups in total. The summed E-state index contributed by atoms with van der Waals surface area (Å²) < 4.78 is 4.96. The lowest BCUT2D eigenvalue weighted by Crippen LogP contribution is -2.46. The number of ether oxygens (including phenoxy) is 1. The van der Waals surface area contributed by atoms with Crippen LogP contribution >= 0.6 is 0 Å². The molecule has 0 aliphatic rings. The van der Waals surface area contributed by atoms with Crippen molar-refractivity contribution in [2.45, 2.75) is 6.04 Å². The first-order chi connectivity index (χ1) is 19.1. The van der Waals surface area contributed by atoms with Gasteiger partial charge in [-0.3, -0.25) is 4.79 Å². The molecule has 196 valence electrons. The third-order valence-corrected chi connectivity index (χ3v) is 6.20. The molecule has 1 amide bonds. The molecule has 39 heavy (non-hydrogen) atoms. The maximum absolute atomic E-state index is 13.2. The van der Waals surface area contributed by atoms with E-state index in [1.807, 2.05) is 54.6 Å². The van der Waals surface area contributed by atoms with Gasteiger partial charge >= 0.3 is 5.97 Å². The van der Waals surface area contributed by atoms with Gasteiger partial charge < -0.3 is 25.7 Å². The molecule has 0 bridgehead atoms. The fourth-order valence-electron chi connectivity index (χ4n) is 4.21. The molecule has 0 fully saturated rings. The van der Waals surface area contributed by atoms with Crippen LogP contribution in [0.3, 0.4) is 0 Å².